The van der Waals surface area contributed by atoms with Crippen LogP contribution in [-0.4, -0.2) is 41.8 Å². The van der Waals surface area contributed by atoms with Gasteiger partial charge in [0.05, 0.1) is 17.7 Å². The smallest absolute Gasteiger partial charge is 0.266 e. The second-order valence-corrected chi connectivity index (χ2v) is 9.09. The first-order valence-corrected chi connectivity index (χ1v) is 11.3. The Kier molecular flexibility index (Phi) is 5.38. The van der Waals surface area contributed by atoms with Crippen LogP contribution in [0.1, 0.15) is 5.69 Å². The van der Waals surface area contributed by atoms with Crippen molar-refractivity contribution in [2.75, 3.05) is 13.4 Å². The zero-order chi connectivity index (χ0) is 22.2. The van der Waals surface area contributed by atoms with E-state index in [-0.39, 0.29) is 16.7 Å². The van der Waals surface area contributed by atoms with Crippen molar-refractivity contribution in [1.29, 1.82) is 0 Å². The molecule has 0 atom stereocenters. The van der Waals surface area contributed by atoms with Crippen molar-refractivity contribution >= 4 is 27.2 Å². The van der Waals surface area contributed by atoms with Gasteiger partial charge in [-0.25, -0.2) is 13.1 Å². The third-order valence-electron chi connectivity index (χ3n) is 4.47. The molecule has 2 aromatic heterocycles. The van der Waals surface area contributed by atoms with Crippen LogP contribution < -0.4 is 0 Å². The highest BCUT2D eigenvalue weighted by Gasteiger charge is 2.20. The molecule has 0 bridgehead atoms. The van der Waals surface area contributed by atoms with Crippen LogP contribution >= 0.6 is 11.6 Å². The van der Waals surface area contributed by atoms with Gasteiger partial charge in [0.1, 0.15) is 17.1 Å². The van der Waals surface area contributed by atoms with Crippen molar-refractivity contribution in [1.82, 2.24) is 20.0 Å². The van der Waals surface area contributed by atoms with Gasteiger partial charge in [-0.15, -0.1) is 10.2 Å². The zero-order valence-corrected chi connectivity index (χ0v) is 18.2. The Morgan fingerprint density at radius 2 is 1.81 bits per heavy atom. The average Bonchev–Trinajstić information content (AvgIpc) is 3.41. The van der Waals surface area contributed by atoms with Crippen molar-refractivity contribution < 1.29 is 17.6 Å². The van der Waals surface area contributed by atoms with Crippen molar-refractivity contribution in [3.63, 3.8) is 0 Å². The quantitative estimate of drug-likeness (QED) is 0.399. The van der Waals surface area contributed by atoms with Crippen molar-refractivity contribution in [3.05, 3.63) is 71.9 Å². The fraction of sp³-hybridized carbons (Fsp3) is 0.0952. The summed E-state index contributed by atoms with van der Waals surface area (Å²) in [7, 11) is -1.87. The topological polar surface area (TPSA) is 100 Å². The second-order valence-electron chi connectivity index (χ2n) is 6.64. The molecule has 2 heterocycles. The predicted molar refractivity (Wildman–Crippen MR) is 116 cm³/mol. The molecule has 4 aromatic rings. The van der Waals surface area contributed by atoms with Crippen molar-refractivity contribution in [2.45, 2.75) is 4.90 Å². The number of benzene rings is 2. The maximum Gasteiger partial charge on any atom is 0.266 e. The van der Waals surface area contributed by atoms with E-state index in [1.165, 1.54) is 19.2 Å². The fourth-order valence-corrected chi connectivity index (χ4v) is 3.65. The Morgan fingerprint density at radius 1 is 1.10 bits per heavy atom. The van der Waals surface area contributed by atoms with E-state index in [0.29, 0.717) is 33.4 Å². The Balaban J connectivity index is 1.80. The molecule has 0 aliphatic rings. The minimum atomic E-state index is -3.37. The molecule has 2 aromatic carbocycles. The van der Waals surface area contributed by atoms with Gasteiger partial charge in [0, 0.05) is 22.9 Å². The third kappa shape index (κ3) is 4.23. The maximum atomic E-state index is 11.9. The molecule has 4 rings (SSSR count). The van der Waals surface area contributed by atoms with Gasteiger partial charge in [-0.3, -0.25) is 0 Å². The lowest BCUT2D eigenvalue weighted by Crippen LogP contribution is -1.99. The highest BCUT2D eigenvalue weighted by Crippen LogP contribution is 2.29. The lowest BCUT2D eigenvalue weighted by atomic mass is 10.2. The number of halogens is 1. The number of rotatable bonds is 6. The maximum absolute atomic E-state index is 11.9. The number of ether oxygens (including phenoxy) is 1. The first-order valence-electron chi connectivity index (χ1n) is 9.00. The summed E-state index contributed by atoms with van der Waals surface area (Å²) in [5.74, 6) is 0.739. The highest BCUT2D eigenvalue weighted by molar-refractivity contribution is 7.90. The third-order valence-corrected chi connectivity index (χ3v) is 5.83. The molecule has 0 radical (unpaired) electrons. The highest BCUT2D eigenvalue weighted by atomic mass is 35.5. The molecule has 0 fully saturated rings. The van der Waals surface area contributed by atoms with Crippen LogP contribution in [0.25, 0.3) is 34.5 Å². The van der Waals surface area contributed by atoms with Gasteiger partial charge < -0.3 is 9.15 Å². The van der Waals surface area contributed by atoms with Crippen LogP contribution in [0.3, 0.4) is 0 Å². The fourth-order valence-electron chi connectivity index (χ4n) is 2.86. The summed E-state index contributed by atoms with van der Waals surface area (Å²) in [5.41, 5.74) is 2.20. The number of sulfone groups is 1. The van der Waals surface area contributed by atoms with Crippen LogP contribution in [0.15, 0.2) is 70.5 Å². The number of aromatic nitrogens is 4. The summed E-state index contributed by atoms with van der Waals surface area (Å²) in [5, 5.41) is 13.3. The lowest BCUT2D eigenvalue weighted by Gasteiger charge is -2.05. The van der Waals surface area contributed by atoms with Crippen LogP contribution in [0.5, 0.6) is 0 Å². The van der Waals surface area contributed by atoms with Gasteiger partial charge in [-0.05, 0) is 42.5 Å². The monoisotopic (exact) mass is 456 g/mol. The minimum absolute atomic E-state index is 0.162. The standard InChI is InChI=1S/C21H17ClN4O4S/c1-13(29-2)18-12-19(26(25-18)16-9-7-15(22)8-10-16)21-24-23-20(30-21)14-5-4-6-17(11-14)31(3,27)28/h4-12H,1H2,2-3H3. The number of nitrogens with zero attached hydrogens (tertiary/aromatic N) is 4. The van der Waals surface area contributed by atoms with E-state index < -0.39 is 9.84 Å². The summed E-state index contributed by atoms with van der Waals surface area (Å²) >= 11 is 6.00. The van der Waals surface area contributed by atoms with E-state index in [2.05, 4.69) is 21.9 Å². The molecule has 0 spiro atoms. The predicted octanol–water partition coefficient (Wildman–Crippen LogP) is 4.26. The van der Waals surface area contributed by atoms with E-state index in [0.717, 1.165) is 6.26 Å². The molecule has 0 saturated carbocycles. The Hall–Kier alpha value is -3.43. The zero-order valence-electron chi connectivity index (χ0n) is 16.6. The first-order chi connectivity index (χ1) is 14.8. The van der Waals surface area contributed by atoms with E-state index >= 15 is 0 Å². The van der Waals surface area contributed by atoms with Crippen LogP contribution in [0.2, 0.25) is 5.02 Å². The molecule has 10 heteroatoms. The number of methoxy groups -OCH3 is 1. The molecule has 0 aliphatic heterocycles. The van der Waals surface area contributed by atoms with Gasteiger partial charge in [0.2, 0.25) is 5.89 Å². The first kappa shape index (κ1) is 20.8. The van der Waals surface area contributed by atoms with Gasteiger partial charge >= 0.3 is 0 Å². The lowest BCUT2D eigenvalue weighted by molar-refractivity contribution is 0.369. The molecule has 158 valence electrons. The van der Waals surface area contributed by atoms with E-state index in [4.69, 9.17) is 20.8 Å². The minimum Gasteiger partial charge on any atom is -0.495 e. The molecule has 0 saturated heterocycles. The van der Waals surface area contributed by atoms with Gasteiger partial charge in [0.25, 0.3) is 5.89 Å². The summed E-state index contributed by atoms with van der Waals surface area (Å²) < 4.78 is 36.4. The Labute approximate surface area is 183 Å². The number of hydrogen-bond acceptors (Lipinski definition) is 7. The van der Waals surface area contributed by atoms with Crippen LogP contribution in [-0.2, 0) is 14.6 Å². The molecular weight excluding hydrogens is 440 g/mol. The van der Waals surface area contributed by atoms with Crippen LogP contribution in [0, 0.1) is 0 Å². The molecule has 0 aliphatic carbocycles. The van der Waals surface area contributed by atoms with Crippen molar-refractivity contribution in [2.24, 2.45) is 0 Å². The van der Waals surface area contributed by atoms with Crippen molar-refractivity contribution in [3.8, 4) is 28.7 Å². The molecule has 0 unspecified atom stereocenters. The van der Waals surface area contributed by atoms with Gasteiger partial charge in [0.15, 0.2) is 9.84 Å². The molecule has 0 amide bonds. The summed E-state index contributed by atoms with van der Waals surface area (Å²) in [4.78, 5) is 0.162. The molecule has 0 N–H and O–H groups in total. The van der Waals surface area contributed by atoms with Gasteiger partial charge in [-0.1, -0.05) is 24.2 Å². The van der Waals surface area contributed by atoms with E-state index in [1.807, 2.05) is 0 Å². The van der Waals surface area contributed by atoms with Gasteiger partial charge in [-0.2, -0.15) is 5.10 Å². The second kappa shape index (κ2) is 8.01. The van der Waals surface area contributed by atoms with E-state index in [1.54, 1.807) is 47.1 Å². The normalized spacial score (nSPS) is 11.5. The SMILES string of the molecule is C=C(OC)c1cc(-c2nnc(-c3cccc(S(C)(=O)=O)c3)o2)n(-c2ccc(Cl)cc2)n1. The summed E-state index contributed by atoms with van der Waals surface area (Å²) in [6.07, 6.45) is 1.14. The van der Waals surface area contributed by atoms with Crippen LogP contribution in [0.4, 0.5) is 0 Å². The molecule has 31 heavy (non-hydrogen) atoms. The average molecular weight is 457 g/mol. The molecular formula is C21H17ClN4O4S. The Morgan fingerprint density at radius 3 is 2.48 bits per heavy atom. The molecule has 8 nitrogen and oxygen atoms in total. The van der Waals surface area contributed by atoms with E-state index in [9.17, 15) is 8.42 Å². The largest absolute Gasteiger partial charge is 0.495 e. The Bertz CT molecular complexity index is 1370. The summed E-state index contributed by atoms with van der Waals surface area (Å²) in [6, 6.07) is 15.1. The number of hydrogen-bond donors (Lipinski definition) is 0. The summed E-state index contributed by atoms with van der Waals surface area (Å²) in [6.45, 7) is 3.84.